The third-order valence-corrected chi connectivity index (χ3v) is 3.59. The van der Waals surface area contributed by atoms with Crippen molar-refractivity contribution in [2.75, 3.05) is 13.1 Å². The summed E-state index contributed by atoms with van der Waals surface area (Å²) >= 11 is 0. The van der Waals surface area contributed by atoms with Gasteiger partial charge in [0, 0.05) is 18.6 Å². The number of hydrogen-bond acceptors (Lipinski definition) is 2. The maximum absolute atomic E-state index is 5.75. The van der Waals surface area contributed by atoms with Crippen LogP contribution < -0.4 is 5.73 Å². The van der Waals surface area contributed by atoms with Crippen LogP contribution in [0.4, 0.5) is 0 Å². The van der Waals surface area contributed by atoms with E-state index in [9.17, 15) is 0 Å². The van der Waals surface area contributed by atoms with Gasteiger partial charge in [-0.15, -0.1) is 0 Å². The molecule has 0 amide bonds. The van der Waals surface area contributed by atoms with E-state index in [1.807, 2.05) is 0 Å². The molecule has 1 rings (SSSR count). The van der Waals surface area contributed by atoms with E-state index in [0.29, 0.717) is 6.04 Å². The van der Waals surface area contributed by atoms with Crippen molar-refractivity contribution in [1.29, 1.82) is 0 Å². The van der Waals surface area contributed by atoms with Gasteiger partial charge in [-0.1, -0.05) is 13.3 Å². The Hall–Kier alpha value is -0.0800. The molecule has 1 fully saturated rings. The van der Waals surface area contributed by atoms with Crippen LogP contribution in [-0.2, 0) is 0 Å². The lowest BCUT2D eigenvalue weighted by Crippen LogP contribution is -2.31. The SMILES string of the molecule is CC(N)CCCC(C)CN1CCCC1C. The molecule has 2 N–H and O–H groups in total. The molecular formula is C13H28N2. The zero-order valence-electron chi connectivity index (χ0n) is 10.7. The molecule has 0 aliphatic carbocycles. The second-order valence-electron chi connectivity index (χ2n) is 5.50. The molecule has 0 aromatic rings. The van der Waals surface area contributed by atoms with Gasteiger partial charge in [-0.3, -0.25) is 0 Å². The van der Waals surface area contributed by atoms with Crippen LogP contribution >= 0.6 is 0 Å². The lowest BCUT2D eigenvalue weighted by atomic mass is 10.0. The van der Waals surface area contributed by atoms with Crippen LogP contribution in [0.15, 0.2) is 0 Å². The largest absolute Gasteiger partial charge is 0.328 e. The molecule has 1 saturated heterocycles. The van der Waals surface area contributed by atoms with Crippen molar-refractivity contribution in [3.63, 3.8) is 0 Å². The highest BCUT2D eigenvalue weighted by Gasteiger charge is 2.21. The number of rotatable bonds is 6. The van der Waals surface area contributed by atoms with E-state index < -0.39 is 0 Å². The van der Waals surface area contributed by atoms with E-state index in [2.05, 4.69) is 25.7 Å². The highest BCUT2D eigenvalue weighted by Crippen LogP contribution is 2.19. The predicted octanol–water partition coefficient (Wildman–Crippen LogP) is 2.62. The van der Waals surface area contributed by atoms with Crippen molar-refractivity contribution in [2.24, 2.45) is 11.7 Å². The molecule has 0 saturated carbocycles. The maximum atomic E-state index is 5.75. The van der Waals surface area contributed by atoms with Crippen LogP contribution in [0, 0.1) is 5.92 Å². The van der Waals surface area contributed by atoms with Gasteiger partial charge in [0.25, 0.3) is 0 Å². The van der Waals surface area contributed by atoms with Gasteiger partial charge in [-0.2, -0.15) is 0 Å². The molecule has 2 nitrogen and oxygen atoms in total. The van der Waals surface area contributed by atoms with Gasteiger partial charge in [-0.05, 0) is 52.0 Å². The van der Waals surface area contributed by atoms with E-state index in [0.717, 1.165) is 12.0 Å². The summed E-state index contributed by atoms with van der Waals surface area (Å²) in [6, 6.07) is 1.20. The fraction of sp³-hybridized carbons (Fsp3) is 1.00. The Morgan fingerprint density at radius 1 is 1.33 bits per heavy atom. The molecule has 1 heterocycles. The van der Waals surface area contributed by atoms with E-state index in [-0.39, 0.29) is 0 Å². The average Bonchev–Trinajstić information content (AvgIpc) is 2.51. The number of nitrogens with zero attached hydrogens (tertiary/aromatic N) is 1. The van der Waals surface area contributed by atoms with Crippen molar-refractivity contribution in [3.8, 4) is 0 Å². The molecule has 15 heavy (non-hydrogen) atoms. The summed E-state index contributed by atoms with van der Waals surface area (Å²) in [5.74, 6) is 0.837. The Morgan fingerprint density at radius 2 is 2.07 bits per heavy atom. The Morgan fingerprint density at radius 3 is 2.60 bits per heavy atom. The first kappa shape index (κ1) is 13.0. The fourth-order valence-electron chi connectivity index (χ4n) is 2.54. The topological polar surface area (TPSA) is 29.3 Å². The van der Waals surface area contributed by atoms with Crippen LogP contribution in [0.1, 0.15) is 52.9 Å². The number of hydrogen-bond donors (Lipinski definition) is 1. The molecule has 0 radical (unpaired) electrons. The quantitative estimate of drug-likeness (QED) is 0.733. The van der Waals surface area contributed by atoms with Gasteiger partial charge in [0.05, 0.1) is 0 Å². The minimum absolute atomic E-state index is 0.378. The summed E-state index contributed by atoms with van der Waals surface area (Å²) in [7, 11) is 0. The summed E-state index contributed by atoms with van der Waals surface area (Å²) < 4.78 is 0. The predicted molar refractivity (Wildman–Crippen MR) is 66.9 cm³/mol. The summed E-state index contributed by atoms with van der Waals surface area (Å²) in [6.45, 7) is 9.46. The zero-order chi connectivity index (χ0) is 11.3. The van der Waals surface area contributed by atoms with E-state index in [1.165, 1.54) is 45.2 Å². The van der Waals surface area contributed by atoms with Gasteiger partial charge < -0.3 is 10.6 Å². The summed E-state index contributed by atoms with van der Waals surface area (Å²) in [5, 5.41) is 0. The molecule has 2 heteroatoms. The fourth-order valence-corrected chi connectivity index (χ4v) is 2.54. The van der Waals surface area contributed by atoms with Gasteiger partial charge in [-0.25, -0.2) is 0 Å². The molecule has 3 atom stereocenters. The minimum atomic E-state index is 0.378. The Bertz CT molecular complexity index is 168. The highest BCUT2D eigenvalue weighted by molar-refractivity contribution is 4.76. The average molecular weight is 212 g/mol. The van der Waals surface area contributed by atoms with Crippen LogP contribution in [0.3, 0.4) is 0 Å². The summed E-state index contributed by atoms with van der Waals surface area (Å²) in [6.07, 6.45) is 6.60. The highest BCUT2D eigenvalue weighted by atomic mass is 15.2. The second-order valence-corrected chi connectivity index (χ2v) is 5.50. The van der Waals surface area contributed by atoms with Crippen LogP contribution in [-0.4, -0.2) is 30.1 Å². The van der Waals surface area contributed by atoms with Crippen molar-refractivity contribution < 1.29 is 0 Å². The van der Waals surface area contributed by atoms with Gasteiger partial charge in [0.15, 0.2) is 0 Å². The molecular weight excluding hydrogens is 184 g/mol. The summed E-state index contributed by atoms with van der Waals surface area (Å²) in [4.78, 5) is 2.65. The first-order chi connectivity index (χ1) is 7.09. The second kappa shape index (κ2) is 6.49. The lowest BCUT2D eigenvalue weighted by molar-refractivity contribution is 0.224. The van der Waals surface area contributed by atoms with Crippen LogP contribution in [0.25, 0.3) is 0 Å². The molecule has 90 valence electrons. The molecule has 0 aromatic heterocycles. The van der Waals surface area contributed by atoms with Crippen LogP contribution in [0.5, 0.6) is 0 Å². The maximum Gasteiger partial charge on any atom is 0.00675 e. The van der Waals surface area contributed by atoms with Crippen molar-refractivity contribution in [3.05, 3.63) is 0 Å². The van der Waals surface area contributed by atoms with Gasteiger partial charge in [0.2, 0.25) is 0 Å². The van der Waals surface area contributed by atoms with Gasteiger partial charge >= 0.3 is 0 Å². The third kappa shape index (κ3) is 4.98. The zero-order valence-corrected chi connectivity index (χ0v) is 10.7. The molecule has 3 unspecified atom stereocenters. The molecule has 0 bridgehead atoms. The molecule has 0 aromatic carbocycles. The molecule has 0 spiro atoms. The van der Waals surface area contributed by atoms with E-state index in [1.54, 1.807) is 0 Å². The third-order valence-electron chi connectivity index (χ3n) is 3.59. The normalized spacial score (nSPS) is 26.8. The van der Waals surface area contributed by atoms with Crippen molar-refractivity contribution in [1.82, 2.24) is 4.90 Å². The number of likely N-dealkylation sites (tertiary alicyclic amines) is 1. The summed E-state index contributed by atoms with van der Waals surface area (Å²) in [5.41, 5.74) is 5.75. The Kier molecular flexibility index (Phi) is 5.62. The van der Waals surface area contributed by atoms with Crippen molar-refractivity contribution >= 4 is 0 Å². The monoisotopic (exact) mass is 212 g/mol. The van der Waals surface area contributed by atoms with Gasteiger partial charge in [0.1, 0.15) is 0 Å². The Balaban J connectivity index is 2.09. The smallest absolute Gasteiger partial charge is 0.00675 e. The minimum Gasteiger partial charge on any atom is -0.328 e. The molecule has 1 aliphatic rings. The number of nitrogens with two attached hydrogens (primary N) is 1. The molecule has 1 aliphatic heterocycles. The van der Waals surface area contributed by atoms with E-state index in [4.69, 9.17) is 5.73 Å². The first-order valence-electron chi connectivity index (χ1n) is 6.59. The standard InChI is InChI=1S/C13H28N2/c1-11(6-4-7-12(2)14)10-15-9-5-8-13(15)3/h11-13H,4-10,14H2,1-3H3. The Labute approximate surface area is 95.2 Å². The van der Waals surface area contributed by atoms with Crippen molar-refractivity contribution in [2.45, 2.75) is 65.0 Å². The first-order valence-corrected chi connectivity index (χ1v) is 6.59. The van der Waals surface area contributed by atoms with Crippen LogP contribution in [0.2, 0.25) is 0 Å². The lowest BCUT2D eigenvalue weighted by Gasteiger charge is -2.25. The van der Waals surface area contributed by atoms with E-state index >= 15 is 0 Å².